The molecule has 0 saturated carbocycles. The lowest BCUT2D eigenvalue weighted by Gasteiger charge is -2.33. The van der Waals surface area contributed by atoms with Crippen LogP contribution >= 0.6 is 0 Å². The summed E-state index contributed by atoms with van der Waals surface area (Å²) >= 11 is 0. The van der Waals surface area contributed by atoms with E-state index in [4.69, 9.17) is 4.74 Å². The maximum Gasteiger partial charge on any atom is 0.248 e. The van der Waals surface area contributed by atoms with Crippen LogP contribution in [-0.4, -0.2) is 74.7 Å². The van der Waals surface area contributed by atoms with Gasteiger partial charge in [-0.2, -0.15) is 0 Å². The molecular formula is C10H19N3O2. The van der Waals surface area contributed by atoms with Gasteiger partial charge < -0.3 is 19.9 Å². The van der Waals surface area contributed by atoms with E-state index < -0.39 is 0 Å². The van der Waals surface area contributed by atoms with Gasteiger partial charge in [-0.25, -0.2) is 0 Å². The Morgan fingerprint density at radius 2 is 2.00 bits per heavy atom. The molecule has 0 radical (unpaired) electrons. The maximum atomic E-state index is 11.7. The summed E-state index contributed by atoms with van der Waals surface area (Å²) in [4.78, 5) is 15.8. The van der Waals surface area contributed by atoms with E-state index in [0.29, 0.717) is 0 Å². The number of piperazine rings is 1. The Morgan fingerprint density at radius 1 is 1.33 bits per heavy atom. The van der Waals surface area contributed by atoms with E-state index in [1.165, 1.54) is 0 Å². The summed E-state index contributed by atoms with van der Waals surface area (Å²) in [6.45, 7) is 5.62. The monoisotopic (exact) mass is 213 g/mol. The summed E-state index contributed by atoms with van der Waals surface area (Å²) < 4.78 is 5.45. The van der Waals surface area contributed by atoms with Gasteiger partial charge in [0.25, 0.3) is 0 Å². The van der Waals surface area contributed by atoms with Gasteiger partial charge in [0.1, 0.15) is 6.61 Å². The van der Waals surface area contributed by atoms with E-state index in [1.54, 1.807) is 0 Å². The number of likely N-dealkylation sites (N-methyl/N-ethyl adjacent to an activating group) is 1. The third-order valence-corrected chi connectivity index (χ3v) is 3.04. The molecule has 15 heavy (non-hydrogen) atoms. The van der Waals surface area contributed by atoms with Crippen LogP contribution in [0.1, 0.15) is 0 Å². The van der Waals surface area contributed by atoms with Gasteiger partial charge in [-0.3, -0.25) is 4.79 Å². The van der Waals surface area contributed by atoms with Crippen LogP contribution in [0.4, 0.5) is 0 Å². The fourth-order valence-electron chi connectivity index (χ4n) is 1.72. The number of carbonyl (C=O) groups excluding carboxylic acids is 1. The fraction of sp³-hybridized carbons (Fsp3) is 0.900. The largest absolute Gasteiger partial charge is 0.366 e. The van der Waals surface area contributed by atoms with Gasteiger partial charge in [0.15, 0.2) is 0 Å². The van der Waals surface area contributed by atoms with Gasteiger partial charge in [0.2, 0.25) is 5.91 Å². The minimum atomic E-state index is 0.134. The fourth-order valence-corrected chi connectivity index (χ4v) is 1.72. The average Bonchev–Trinajstić information content (AvgIpc) is 2.16. The smallest absolute Gasteiger partial charge is 0.248 e. The maximum absolute atomic E-state index is 11.7. The lowest BCUT2D eigenvalue weighted by atomic mass is 10.2. The number of amides is 1. The topological polar surface area (TPSA) is 44.8 Å². The van der Waals surface area contributed by atoms with Crippen molar-refractivity contribution in [2.45, 2.75) is 6.10 Å². The van der Waals surface area contributed by atoms with Crippen molar-refractivity contribution >= 4 is 5.91 Å². The summed E-state index contributed by atoms with van der Waals surface area (Å²) in [5.74, 6) is 0.134. The number of carbonyl (C=O) groups is 1. The van der Waals surface area contributed by atoms with Crippen LogP contribution in [0.15, 0.2) is 0 Å². The molecule has 0 spiro atoms. The third-order valence-electron chi connectivity index (χ3n) is 3.04. The van der Waals surface area contributed by atoms with Crippen LogP contribution in [0.3, 0.4) is 0 Å². The molecule has 2 fully saturated rings. The van der Waals surface area contributed by atoms with E-state index in [-0.39, 0.29) is 18.6 Å². The van der Waals surface area contributed by atoms with Gasteiger partial charge in [0.05, 0.1) is 6.10 Å². The van der Waals surface area contributed by atoms with E-state index in [0.717, 1.165) is 39.3 Å². The number of hydrogen-bond donors (Lipinski definition) is 1. The third kappa shape index (κ3) is 2.90. The highest BCUT2D eigenvalue weighted by molar-refractivity contribution is 5.77. The molecule has 2 saturated heterocycles. The lowest BCUT2D eigenvalue weighted by Crippen LogP contribution is -2.51. The number of rotatable bonds is 3. The van der Waals surface area contributed by atoms with E-state index in [1.807, 2.05) is 4.90 Å². The molecule has 0 aromatic carbocycles. The number of nitrogens with zero attached hydrogens (tertiary/aromatic N) is 2. The molecule has 5 nitrogen and oxygen atoms in total. The molecule has 2 heterocycles. The van der Waals surface area contributed by atoms with Crippen LogP contribution < -0.4 is 5.32 Å². The van der Waals surface area contributed by atoms with Crippen LogP contribution in [-0.2, 0) is 9.53 Å². The first-order valence-electron chi connectivity index (χ1n) is 5.54. The Balaban J connectivity index is 1.66. The molecule has 0 aliphatic carbocycles. The first-order chi connectivity index (χ1) is 7.25. The van der Waals surface area contributed by atoms with E-state index >= 15 is 0 Å². The zero-order chi connectivity index (χ0) is 10.7. The number of ether oxygens (including phenoxy) is 1. The first kappa shape index (κ1) is 10.9. The highest BCUT2D eigenvalue weighted by Gasteiger charge is 2.22. The summed E-state index contributed by atoms with van der Waals surface area (Å²) in [6.07, 6.45) is 0.251. The molecule has 86 valence electrons. The minimum Gasteiger partial charge on any atom is -0.366 e. The second-order valence-corrected chi connectivity index (χ2v) is 4.28. The Kier molecular flexibility index (Phi) is 3.56. The summed E-state index contributed by atoms with van der Waals surface area (Å²) in [6, 6.07) is 0. The van der Waals surface area contributed by atoms with Crippen molar-refractivity contribution in [1.29, 1.82) is 0 Å². The zero-order valence-electron chi connectivity index (χ0n) is 9.24. The van der Waals surface area contributed by atoms with Crippen molar-refractivity contribution in [2.24, 2.45) is 0 Å². The molecule has 0 bridgehead atoms. The Hall–Kier alpha value is -0.650. The van der Waals surface area contributed by atoms with Gasteiger partial charge in [-0.15, -0.1) is 0 Å². The van der Waals surface area contributed by atoms with Crippen LogP contribution in [0.5, 0.6) is 0 Å². The predicted molar refractivity (Wildman–Crippen MR) is 56.7 cm³/mol. The molecule has 2 rings (SSSR count). The Labute approximate surface area is 90.4 Å². The summed E-state index contributed by atoms with van der Waals surface area (Å²) in [5, 5.41) is 3.11. The second-order valence-electron chi connectivity index (χ2n) is 4.28. The van der Waals surface area contributed by atoms with Crippen molar-refractivity contribution in [1.82, 2.24) is 15.1 Å². The molecule has 1 amide bonds. The second kappa shape index (κ2) is 4.92. The average molecular weight is 213 g/mol. The SMILES string of the molecule is CN1CCN(C(=O)COC2CNC2)CC1. The molecule has 0 aromatic heterocycles. The normalized spacial score (nSPS) is 23.9. The van der Waals surface area contributed by atoms with Gasteiger partial charge in [0, 0.05) is 39.3 Å². The van der Waals surface area contributed by atoms with E-state index in [9.17, 15) is 4.79 Å². The van der Waals surface area contributed by atoms with Crippen molar-refractivity contribution in [3.8, 4) is 0 Å². The van der Waals surface area contributed by atoms with Gasteiger partial charge >= 0.3 is 0 Å². The van der Waals surface area contributed by atoms with Crippen molar-refractivity contribution in [3.05, 3.63) is 0 Å². The zero-order valence-corrected chi connectivity index (χ0v) is 9.24. The van der Waals surface area contributed by atoms with Gasteiger partial charge in [-0.1, -0.05) is 0 Å². The molecule has 0 atom stereocenters. The summed E-state index contributed by atoms with van der Waals surface area (Å²) in [7, 11) is 2.08. The molecule has 0 aromatic rings. The number of nitrogens with one attached hydrogen (secondary N) is 1. The molecule has 0 unspecified atom stereocenters. The Bertz CT molecular complexity index is 223. The van der Waals surface area contributed by atoms with Crippen molar-refractivity contribution in [3.63, 3.8) is 0 Å². The first-order valence-corrected chi connectivity index (χ1v) is 5.54. The van der Waals surface area contributed by atoms with Crippen molar-refractivity contribution in [2.75, 3.05) is 52.9 Å². The minimum absolute atomic E-state index is 0.134. The highest BCUT2D eigenvalue weighted by Crippen LogP contribution is 2.02. The quantitative estimate of drug-likeness (QED) is 0.636. The van der Waals surface area contributed by atoms with Crippen molar-refractivity contribution < 1.29 is 9.53 Å². The van der Waals surface area contributed by atoms with E-state index in [2.05, 4.69) is 17.3 Å². The van der Waals surface area contributed by atoms with Gasteiger partial charge in [-0.05, 0) is 7.05 Å². The highest BCUT2D eigenvalue weighted by atomic mass is 16.5. The molecule has 2 aliphatic heterocycles. The molecular weight excluding hydrogens is 194 g/mol. The van der Waals surface area contributed by atoms with Crippen LogP contribution in [0, 0.1) is 0 Å². The predicted octanol–water partition coefficient (Wildman–Crippen LogP) is -1.25. The molecule has 5 heteroatoms. The summed E-state index contributed by atoms with van der Waals surface area (Å²) in [5.41, 5.74) is 0. The Morgan fingerprint density at radius 3 is 2.53 bits per heavy atom. The molecule has 1 N–H and O–H groups in total. The standard InChI is InChI=1S/C10H19N3O2/c1-12-2-4-13(5-3-12)10(14)8-15-9-6-11-7-9/h9,11H,2-8H2,1H3. The van der Waals surface area contributed by atoms with Crippen LogP contribution in [0.2, 0.25) is 0 Å². The van der Waals surface area contributed by atoms with Crippen LogP contribution in [0.25, 0.3) is 0 Å². The molecule has 2 aliphatic rings. The number of hydrogen-bond acceptors (Lipinski definition) is 4. The lowest BCUT2D eigenvalue weighted by molar-refractivity contribution is -0.140.